The number of fused-ring (bicyclic) bond motifs is 1. The van der Waals surface area contributed by atoms with Gasteiger partial charge in [0.15, 0.2) is 0 Å². The van der Waals surface area contributed by atoms with E-state index in [9.17, 15) is 0 Å². The summed E-state index contributed by atoms with van der Waals surface area (Å²) in [6.45, 7) is 14.3. The minimum atomic E-state index is -0.712. The summed E-state index contributed by atoms with van der Waals surface area (Å²) in [4.78, 5) is 0. The molecular weight excluding hydrogens is 527 g/mol. The van der Waals surface area contributed by atoms with Gasteiger partial charge in [-0.25, -0.2) is 0 Å². The zero-order chi connectivity index (χ0) is 17.5. The molecule has 140 valence electrons. The molecule has 3 heteroatoms. The van der Waals surface area contributed by atoms with Crippen LogP contribution in [0.4, 0.5) is 0 Å². The summed E-state index contributed by atoms with van der Waals surface area (Å²) in [5, 5.41) is 0. The third-order valence-electron chi connectivity index (χ3n) is 6.19. The Hall–Kier alpha value is 0.283. The van der Waals surface area contributed by atoms with E-state index < -0.39 is 23.2 Å². The number of unbranched alkanes of at least 4 members (excludes halogenated alkanes) is 1. The fourth-order valence-corrected chi connectivity index (χ4v) is 9.28. The van der Waals surface area contributed by atoms with Gasteiger partial charge in [0, 0.05) is 0 Å². The smallest absolute Gasteiger partial charge is 1.00 e. The van der Waals surface area contributed by atoms with E-state index in [1.54, 1.807) is 27.9 Å². The van der Waals surface area contributed by atoms with Crippen molar-refractivity contribution in [2.45, 2.75) is 64.4 Å². The molecule has 0 saturated carbocycles. The molecule has 1 aromatic rings. The zero-order valence-electron chi connectivity index (χ0n) is 16.8. The zero-order valence-corrected chi connectivity index (χ0v) is 22.5. The van der Waals surface area contributed by atoms with E-state index >= 15 is 0 Å². The van der Waals surface area contributed by atoms with Crippen LogP contribution in [0.15, 0.2) is 49.8 Å². The van der Waals surface area contributed by atoms with Crippen molar-refractivity contribution < 1.29 is 57.2 Å². The molecule has 0 nitrogen and oxygen atoms in total. The Morgan fingerprint density at radius 3 is 2.23 bits per heavy atom. The first-order valence-corrected chi connectivity index (χ1v) is 12.0. The van der Waals surface area contributed by atoms with Gasteiger partial charge in [0.1, 0.15) is 0 Å². The van der Waals surface area contributed by atoms with Crippen LogP contribution in [0, 0.1) is 5.41 Å². The minimum absolute atomic E-state index is 0. The number of halogens is 2. The van der Waals surface area contributed by atoms with E-state index in [1.165, 1.54) is 24.8 Å². The predicted molar refractivity (Wildman–Crippen MR) is 102 cm³/mol. The second-order valence-corrected chi connectivity index (χ2v) is 11.3. The summed E-state index contributed by atoms with van der Waals surface area (Å²) >= 11 is -0.712. The average Bonchev–Trinajstić information content (AvgIpc) is 2.98. The second kappa shape index (κ2) is 9.66. The predicted octanol–water partition coefficient (Wildman–Crippen LogP) is 1.06. The molecule has 0 aromatic heterocycles. The SMILES string of the molecule is CCCCC1=Cc2ccccc2[CH]1[Zr+2][C]1=C(C)C(C)=C(C)C1(C)C.[Br-].[Br-]. The topological polar surface area (TPSA) is 0 Å². The molecule has 1 unspecified atom stereocenters. The van der Waals surface area contributed by atoms with Crippen molar-refractivity contribution in [1.29, 1.82) is 0 Å². The molecule has 1 aromatic carbocycles. The maximum atomic E-state index is 2.52. The molecule has 1 atom stereocenters. The van der Waals surface area contributed by atoms with Crippen LogP contribution in [-0.4, -0.2) is 0 Å². The minimum Gasteiger partial charge on any atom is -1.00 e. The van der Waals surface area contributed by atoms with E-state index in [2.05, 4.69) is 71.9 Å². The Kier molecular flexibility index (Phi) is 9.04. The third kappa shape index (κ3) is 4.31. The molecule has 0 spiro atoms. The normalized spacial score (nSPS) is 20.2. The van der Waals surface area contributed by atoms with Gasteiger partial charge in [-0.3, -0.25) is 0 Å². The first kappa shape index (κ1) is 24.3. The van der Waals surface area contributed by atoms with Crippen LogP contribution in [0.2, 0.25) is 0 Å². The molecule has 0 N–H and O–H groups in total. The van der Waals surface area contributed by atoms with Crippen LogP contribution >= 0.6 is 0 Å². The molecule has 26 heavy (non-hydrogen) atoms. The van der Waals surface area contributed by atoms with Crippen molar-refractivity contribution in [3.63, 3.8) is 0 Å². The second-order valence-electron chi connectivity index (χ2n) is 7.90. The summed E-state index contributed by atoms with van der Waals surface area (Å²) in [6, 6.07) is 9.13. The van der Waals surface area contributed by atoms with Crippen molar-refractivity contribution >= 4 is 6.08 Å². The standard InChI is InChI=1S/C13H15.C10H15.2BrH.Zr/c1-2-3-6-11-9-12-7-4-5-8-13(12)10-11;1-7-6-10(4,5)9(3)8(7)2;;;/h4-5,7-10H,2-3,6H2,1H3;1-5H3;2*1H;/q;;;;+2/p-2. The molecular formula is C23H30Br2Zr. The van der Waals surface area contributed by atoms with Gasteiger partial charge in [-0.1, -0.05) is 0 Å². The molecule has 0 heterocycles. The van der Waals surface area contributed by atoms with Crippen LogP contribution < -0.4 is 34.0 Å². The van der Waals surface area contributed by atoms with Crippen LogP contribution in [0.1, 0.15) is 75.6 Å². The van der Waals surface area contributed by atoms with Gasteiger partial charge in [0.25, 0.3) is 0 Å². The van der Waals surface area contributed by atoms with Crippen molar-refractivity contribution in [2.24, 2.45) is 5.41 Å². The Bertz CT molecular complexity index is 753. The average molecular weight is 558 g/mol. The first-order chi connectivity index (χ1) is 11.4. The summed E-state index contributed by atoms with van der Waals surface area (Å²) in [5.41, 5.74) is 9.89. The van der Waals surface area contributed by atoms with Gasteiger partial charge in [0.2, 0.25) is 0 Å². The van der Waals surface area contributed by atoms with E-state index in [4.69, 9.17) is 0 Å². The Morgan fingerprint density at radius 1 is 1.00 bits per heavy atom. The Labute approximate surface area is 192 Å². The summed E-state index contributed by atoms with van der Waals surface area (Å²) < 4.78 is 2.57. The van der Waals surface area contributed by atoms with Crippen LogP contribution in [0.5, 0.6) is 0 Å². The van der Waals surface area contributed by atoms with Crippen molar-refractivity contribution in [3.8, 4) is 0 Å². The monoisotopic (exact) mass is 554 g/mol. The van der Waals surface area contributed by atoms with Crippen molar-refractivity contribution in [1.82, 2.24) is 0 Å². The first-order valence-electron chi connectivity index (χ1n) is 9.33. The van der Waals surface area contributed by atoms with Crippen molar-refractivity contribution in [2.75, 3.05) is 0 Å². The summed E-state index contributed by atoms with van der Waals surface area (Å²) in [6.07, 6.45) is 6.42. The molecule has 0 saturated heterocycles. The number of benzene rings is 1. The number of allylic oxidation sites excluding steroid dienone is 5. The van der Waals surface area contributed by atoms with Gasteiger partial charge < -0.3 is 34.0 Å². The van der Waals surface area contributed by atoms with E-state index in [0.717, 1.165) is 3.63 Å². The molecule has 0 radical (unpaired) electrons. The van der Waals surface area contributed by atoms with Gasteiger partial charge in [0.05, 0.1) is 0 Å². The number of hydrogen-bond donors (Lipinski definition) is 0. The maximum absolute atomic E-state index is 2.52. The van der Waals surface area contributed by atoms with Crippen LogP contribution in [-0.2, 0) is 23.2 Å². The quantitative estimate of drug-likeness (QED) is 0.508. The molecule has 0 fully saturated rings. The molecule has 2 aliphatic carbocycles. The van der Waals surface area contributed by atoms with Crippen molar-refractivity contribution in [3.05, 3.63) is 61.0 Å². The fourth-order valence-electron chi connectivity index (χ4n) is 4.18. The van der Waals surface area contributed by atoms with Gasteiger partial charge in [-0.05, 0) is 0 Å². The largest absolute Gasteiger partial charge is 1.00 e. The number of hydrogen-bond acceptors (Lipinski definition) is 0. The fraction of sp³-hybridized carbons (Fsp3) is 0.478. The van der Waals surface area contributed by atoms with E-state index in [1.807, 2.05) is 3.28 Å². The van der Waals surface area contributed by atoms with E-state index in [0.29, 0.717) is 0 Å². The third-order valence-corrected chi connectivity index (χ3v) is 11.7. The maximum Gasteiger partial charge on any atom is -1.00 e. The Morgan fingerprint density at radius 2 is 1.65 bits per heavy atom. The van der Waals surface area contributed by atoms with Gasteiger partial charge in [-0.15, -0.1) is 0 Å². The molecule has 2 aliphatic rings. The van der Waals surface area contributed by atoms with Crippen LogP contribution in [0.3, 0.4) is 0 Å². The summed E-state index contributed by atoms with van der Waals surface area (Å²) in [7, 11) is 0. The van der Waals surface area contributed by atoms with Gasteiger partial charge >= 0.3 is 160 Å². The summed E-state index contributed by atoms with van der Waals surface area (Å²) in [5.74, 6) is 0. The molecule has 0 aliphatic heterocycles. The molecule has 0 bridgehead atoms. The molecule has 3 rings (SSSR count). The van der Waals surface area contributed by atoms with Crippen LogP contribution in [0.25, 0.3) is 6.08 Å². The molecule has 0 amide bonds. The Balaban J connectivity index is 0.00000169. The van der Waals surface area contributed by atoms with Gasteiger partial charge in [-0.2, -0.15) is 0 Å². The van der Waals surface area contributed by atoms with E-state index in [-0.39, 0.29) is 39.4 Å². The number of rotatable bonds is 5.